The fraction of sp³-hybridized carbons (Fsp3) is 0. The van der Waals surface area contributed by atoms with Crippen LogP contribution in [0, 0.1) is 0 Å². The highest BCUT2D eigenvalue weighted by molar-refractivity contribution is 7.27. The van der Waals surface area contributed by atoms with Crippen molar-refractivity contribution >= 4 is 225 Å². The molecule has 0 N–H and O–H groups in total. The fourth-order valence-electron chi connectivity index (χ4n) is 22.3. The SMILES string of the molecule is c1cc(-c2ccccc2-n2c3ccccc3c3ccc4sc5ccccc5c4c32)cc(-n2c3ccccc3c3ccccc32)c1.c1cc(-c2ccccc2-n2c3ccccc3c3ccccc32)cc(-n2c3ccccc3c3c4c(ccc32)sc2ccccc24)c1.c1cc(-c2ccccc2-n2c3ccccc3c3ccccc32)cc(-n2c3ccccc3c3ccc4sc5ccccc5c4c32)c1. The second-order valence-electron chi connectivity index (χ2n) is 35.2. The summed E-state index contributed by atoms with van der Waals surface area (Å²) in [6.45, 7) is 0. The van der Waals surface area contributed by atoms with Crippen LogP contribution in [0.4, 0.5) is 0 Å². The molecule has 0 amide bonds. The predicted molar refractivity (Wildman–Crippen MR) is 580 cm³/mol. The van der Waals surface area contributed by atoms with Crippen LogP contribution in [-0.2, 0) is 0 Å². The molecule has 0 aliphatic carbocycles. The number of thiophene rings is 3. The van der Waals surface area contributed by atoms with Gasteiger partial charge in [0.1, 0.15) is 0 Å². The molecule has 9 aromatic heterocycles. The lowest BCUT2D eigenvalue weighted by atomic mass is 10.0. The average molecular weight is 1770 g/mol. The smallest absolute Gasteiger partial charge is 0.0634 e. The van der Waals surface area contributed by atoms with E-state index in [0.29, 0.717) is 0 Å². The molecule has 630 valence electrons. The molecule has 0 radical (unpaired) electrons. The summed E-state index contributed by atoms with van der Waals surface area (Å²) in [6, 6.07) is 173. The first-order valence-corrected chi connectivity index (χ1v) is 48.6. The third-order valence-electron chi connectivity index (χ3n) is 27.9. The van der Waals surface area contributed by atoms with Crippen LogP contribution in [0.1, 0.15) is 0 Å². The van der Waals surface area contributed by atoms with E-state index in [0.717, 1.165) is 11.4 Å². The summed E-state index contributed by atoms with van der Waals surface area (Å²) >= 11 is 5.63. The standard InChI is InChI=1S/3C42H26N2S/c1-6-19-35(44-37-21-8-2-15-30(37)31-16-3-9-22-38(31)44)29(14-1)27-12-11-13-28(26-27)43-36-20-7-4-17-32(36)33-24-25-40-41(42(33)43)34-18-5-10-23-39(34)45-40;1-6-19-35(44-38-22-9-4-17-32(38)33-24-25-40-41(42(33)44)34-18-5-10-23-39(34)45-40)29(14-1)27-12-11-13-28(26-27)43-36-20-7-2-15-30(36)31-16-3-8-21-37(31)43;1-6-19-34(44-35-20-7-2-15-30(35)31-16-3-8-21-36(31)44)29(14-1)27-12-11-13-28(26-27)43-37-22-9-4-17-32(37)41-38(43)24-25-40-42(41)33-18-5-10-23-39(33)45-40/h3*1-26H. The summed E-state index contributed by atoms with van der Waals surface area (Å²) in [6.07, 6.45) is 0. The van der Waals surface area contributed by atoms with Crippen LogP contribution in [0.25, 0.3) is 259 Å². The van der Waals surface area contributed by atoms with Gasteiger partial charge in [-0.2, -0.15) is 0 Å². The zero-order valence-electron chi connectivity index (χ0n) is 72.9. The summed E-state index contributed by atoms with van der Waals surface area (Å²) in [7, 11) is 0. The van der Waals surface area contributed by atoms with Gasteiger partial charge in [-0.1, -0.05) is 322 Å². The summed E-state index contributed by atoms with van der Waals surface area (Å²) in [5.41, 5.74) is 29.0. The van der Waals surface area contributed by atoms with Crippen LogP contribution in [0.15, 0.2) is 473 Å². The van der Waals surface area contributed by atoms with Crippen LogP contribution in [0.2, 0.25) is 0 Å². The molecule has 21 aromatic carbocycles. The Hall–Kier alpha value is -16.9. The molecule has 135 heavy (non-hydrogen) atoms. The summed E-state index contributed by atoms with van der Waals surface area (Å²) in [5.74, 6) is 0. The van der Waals surface area contributed by atoms with E-state index in [9.17, 15) is 0 Å². The molecule has 0 aliphatic heterocycles. The minimum Gasteiger partial charge on any atom is -0.309 e. The van der Waals surface area contributed by atoms with Gasteiger partial charge in [-0.05, 0) is 168 Å². The number of hydrogen-bond acceptors (Lipinski definition) is 3. The van der Waals surface area contributed by atoms with Gasteiger partial charge in [-0.3, -0.25) is 0 Å². The number of fused-ring (bicyclic) bond motifs is 30. The third-order valence-corrected chi connectivity index (χ3v) is 31.4. The van der Waals surface area contributed by atoms with E-state index in [1.165, 1.54) is 247 Å². The van der Waals surface area contributed by atoms with Gasteiger partial charge in [-0.15, -0.1) is 34.0 Å². The Labute approximate surface area is 787 Å². The van der Waals surface area contributed by atoms with Crippen molar-refractivity contribution < 1.29 is 0 Å². The van der Waals surface area contributed by atoms with Crippen molar-refractivity contribution in [3.63, 3.8) is 0 Å². The minimum absolute atomic E-state index is 1.16. The van der Waals surface area contributed by atoms with Gasteiger partial charge < -0.3 is 27.4 Å². The van der Waals surface area contributed by atoms with Crippen molar-refractivity contribution in [3.8, 4) is 67.5 Å². The normalized spacial score (nSPS) is 12.0. The quantitative estimate of drug-likeness (QED) is 0.138. The second-order valence-corrected chi connectivity index (χ2v) is 38.4. The molecule has 0 atom stereocenters. The maximum atomic E-state index is 2.51. The van der Waals surface area contributed by atoms with Crippen molar-refractivity contribution in [1.29, 1.82) is 0 Å². The number of para-hydroxylation sites is 12. The molecule has 30 rings (SSSR count). The fourth-order valence-corrected chi connectivity index (χ4v) is 25.7. The molecule has 0 aliphatic rings. The highest BCUT2D eigenvalue weighted by atomic mass is 32.1. The molecule has 0 saturated carbocycles. The number of nitrogens with zero attached hydrogens (tertiary/aromatic N) is 6. The van der Waals surface area contributed by atoms with Gasteiger partial charge in [0.2, 0.25) is 0 Å². The Kier molecular flexibility index (Phi) is 17.6. The molecule has 0 bridgehead atoms. The lowest BCUT2D eigenvalue weighted by Gasteiger charge is -2.16. The molecule has 9 heteroatoms. The van der Waals surface area contributed by atoms with Crippen molar-refractivity contribution in [2.24, 2.45) is 0 Å². The van der Waals surface area contributed by atoms with E-state index >= 15 is 0 Å². The number of benzene rings is 21. The van der Waals surface area contributed by atoms with Gasteiger partial charge >= 0.3 is 0 Å². The van der Waals surface area contributed by atoms with Gasteiger partial charge in [-0.25, -0.2) is 0 Å². The Morgan fingerprint density at radius 3 is 0.770 bits per heavy atom. The first kappa shape index (κ1) is 76.9. The summed E-state index contributed by atoms with van der Waals surface area (Å²) in [5, 5.41) is 23.4. The molecule has 0 saturated heterocycles. The highest BCUT2D eigenvalue weighted by Crippen LogP contribution is 2.50. The van der Waals surface area contributed by atoms with Crippen LogP contribution in [0.5, 0.6) is 0 Å². The van der Waals surface area contributed by atoms with E-state index in [2.05, 4.69) is 501 Å². The van der Waals surface area contributed by atoms with Crippen molar-refractivity contribution in [2.45, 2.75) is 0 Å². The zero-order chi connectivity index (χ0) is 88.5. The maximum Gasteiger partial charge on any atom is 0.0634 e. The molecule has 30 aromatic rings. The topological polar surface area (TPSA) is 29.6 Å². The minimum atomic E-state index is 1.16. The van der Waals surface area contributed by atoms with Gasteiger partial charge in [0.15, 0.2) is 0 Å². The van der Waals surface area contributed by atoms with Crippen LogP contribution in [0.3, 0.4) is 0 Å². The molecule has 0 unspecified atom stereocenters. The molecule has 0 spiro atoms. The van der Waals surface area contributed by atoms with Crippen LogP contribution >= 0.6 is 34.0 Å². The Morgan fingerprint density at radius 2 is 0.385 bits per heavy atom. The first-order valence-electron chi connectivity index (χ1n) is 46.1. The van der Waals surface area contributed by atoms with E-state index < -0.39 is 0 Å². The number of aromatic nitrogens is 6. The first-order chi connectivity index (χ1) is 67.0. The highest BCUT2D eigenvalue weighted by Gasteiger charge is 2.27. The van der Waals surface area contributed by atoms with Gasteiger partial charge in [0.25, 0.3) is 0 Å². The second kappa shape index (κ2) is 30.9. The van der Waals surface area contributed by atoms with Crippen molar-refractivity contribution in [1.82, 2.24) is 27.4 Å². The zero-order valence-corrected chi connectivity index (χ0v) is 75.4. The van der Waals surface area contributed by atoms with Gasteiger partial charge in [0.05, 0.1) is 83.3 Å². The monoisotopic (exact) mass is 1770 g/mol. The molecular weight excluding hydrogens is 1690 g/mol. The number of hydrogen-bond donors (Lipinski definition) is 0. The van der Waals surface area contributed by atoms with Crippen LogP contribution < -0.4 is 0 Å². The molecule has 6 nitrogen and oxygen atoms in total. The van der Waals surface area contributed by atoms with Crippen LogP contribution in [-0.4, -0.2) is 27.4 Å². The Bertz CT molecular complexity index is 9980. The molecular formula is C126H78N6S3. The average Bonchev–Trinajstić information content (AvgIpc) is 1.57. The summed E-state index contributed by atoms with van der Waals surface area (Å²) < 4.78 is 22.6. The van der Waals surface area contributed by atoms with Gasteiger partial charge in [0, 0.05) is 159 Å². The lowest BCUT2D eigenvalue weighted by molar-refractivity contribution is 1.17. The lowest BCUT2D eigenvalue weighted by Crippen LogP contribution is -1.98. The van der Waals surface area contributed by atoms with E-state index in [1.807, 2.05) is 34.0 Å². The maximum absolute atomic E-state index is 2.51. The third kappa shape index (κ3) is 11.9. The van der Waals surface area contributed by atoms with E-state index in [1.54, 1.807) is 0 Å². The van der Waals surface area contributed by atoms with E-state index in [4.69, 9.17) is 0 Å². The van der Waals surface area contributed by atoms with Crippen molar-refractivity contribution in [2.75, 3.05) is 0 Å². The summed E-state index contributed by atoms with van der Waals surface area (Å²) in [4.78, 5) is 0. The van der Waals surface area contributed by atoms with Crippen molar-refractivity contribution in [3.05, 3.63) is 473 Å². The Morgan fingerprint density at radius 1 is 0.133 bits per heavy atom. The molecule has 9 heterocycles. The largest absolute Gasteiger partial charge is 0.309 e. The molecule has 0 fully saturated rings. The Balaban J connectivity index is 0.000000101. The number of rotatable bonds is 9. The predicted octanol–water partition coefficient (Wildman–Crippen LogP) is 35.7. The van der Waals surface area contributed by atoms with E-state index in [-0.39, 0.29) is 0 Å².